The SMILES string of the molecule is CNCc1ccccc1C(CCN1CCN(c2ccccc2OC)CC1)(OF)c1ccccc1. The van der Waals surface area contributed by atoms with E-state index in [1.165, 1.54) is 0 Å². The summed E-state index contributed by atoms with van der Waals surface area (Å²) in [4.78, 5) is 9.67. The van der Waals surface area contributed by atoms with Crippen LogP contribution in [0.4, 0.5) is 10.2 Å². The van der Waals surface area contributed by atoms with Crippen molar-refractivity contribution in [3.05, 3.63) is 95.6 Å². The van der Waals surface area contributed by atoms with Gasteiger partial charge in [-0.15, -0.1) is 0 Å². The van der Waals surface area contributed by atoms with Crippen LogP contribution in [-0.2, 0) is 17.1 Å². The summed E-state index contributed by atoms with van der Waals surface area (Å²) >= 11 is 0. The number of para-hydroxylation sites is 2. The standard InChI is InChI=1S/C28H34FN3O2/c1-30-22-23-10-6-7-13-25(23)28(34-29,24-11-4-3-5-12-24)16-17-31-18-20-32(21-19-31)26-14-8-9-15-27(26)33-2/h3-15,30H,16-22H2,1-2H3. The quantitative estimate of drug-likeness (QED) is 0.469. The number of nitrogens with zero attached hydrogens (tertiary/aromatic N) is 2. The maximum absolute atomic E-state index is 14.7. The van der Waals surface area contributed by atoms with E-state index < -0.39 is 5.60 Å². The minimum Gasteiger partial charge on any atom is -0.495 e. The Morgan fingerprint density at radius 3 is 2.26 bits per heavy atom. The van der Waals surface area contributed by atoms with Crippen molar-refractivity contribution in [2.45, 2.75) is 18.6 Å². The molecule has 4 rings (SSSR count). The van der Waals surface area contributed by atoms with Crippen LogP contribution in [0.3, 0.4) is 0 Å². The third-order valence-electron chi connectivity index (χ3n) is 6.77. The normalized spacial score (nSPS) is 16.3. The second-order valence-electron chi connectivity index (χ2n) is 8.71. The molecular formula is C28H34FN3O2. The highest BCUT2D eigenvalue weighted by molar-refractivity contribution is 5.58. The molecule has 6 heteroatoms. The molecule has 1 aliphatic rings. The minimum atomic E-state index is -1.16. The molecule has 1 fully saturated rings. The Kier molecular flexibility index (Phi) is 8.16. The Labute approximate surface area is 202 Å². The molecule has 3 aromatic carbocycles. The molecule has 1 saturated heterocycles. The number of nitrogens with one attached hydrogen (secondary N) is 1. The van der Waals surface area contributed by atoms with Crippen LogP contribution >= 0.6 is 0 Å². The molecule has 1 atom stereocenters. The molecule has 1 unspecified atom stereocenters. The van der Waals surface area contributed by atoms with Gasteiger partial charge < -0.3 is 15.0 Å². The van der Waals surface area contributed by atoms with E-state index in [4.69, 9.17) is 9.68 Å². The summed E-state index contributed by atoms with van der Waals surface area (Å²) in [6.07, 6.45) is 0.517. The van der Waals surface area contributed by atoms with E-state index in [0.717, 1.165) is 60.9 Å². The first kappa shape index (κ1) is 24.2. The first-order chi connectivity index (χ1) is 16.7. The van der Waals surface area contributed by atoms with E-state index in [1.807, 2.05) is 79.8 Å². The highest BCUT2D eigenvalue weighted by Crippen LogP contribution is 2.40. The van der Waals surface area contributed by atoms with Crippen molar-refractivity contribution in [1.82, 2.24) is 10.2 Å². The van der Waals surface area contributed by atoms with Crippen molar-refractivity contribution >= 4 is 5.69 Å². The Bertz CT molecular complexity index is 1040. The van der Waals surface area contributed by atoms with Gasteiger partial charge in [-0.1, -0.05) is 66.7 Å². The first-order valence-corrected chi connectivity index (χ1v) is 11.9. The molecule has 0 amide bonds. The van der Waals surface area contributed by atoms with E-state index >= 15 is 0 Å². The maximum atomic E-state index is 14.7. The summed E-state index contributed by atoms with van der Waals surface area (Å²) in [7, 11) is 3.61. The topological polar surface area (TPSA) is 37.0 Å². The van der Waals surface area contributed by atoms with Gasteiger partial charge in [0.2, 0.25) is 0 Å². The van der Waals surface area contributed by atoms with Crippen molar-refractivity contribution in [2.75, 3.05) is 51.8 Å². The number of hydrogen-bond donors (Lipinski definition) is 1. The number of hydrogen-bond acceptors (Lipinski definition) is 5. The van der Waals surface area contributed by atoms with E-state index in [-0.39, 0.29) is 0 Å². The molecule has 0 aromatic heterocycles. The fraction of sp³-hybridized carbons (Fsp3) is 0.357. The van der Waals surface area contributed by atoms with Crippen molar-refractivity contribution in [1.29, 1.82) is 0 Å². The van der Waals surface area contributed by atoms with Crippen LogP contribution in [0.15, 0.2) is 78.9 Å². The smallest absolute Gasteiger partial charge is 0.160 e. The number of anilines is 1. The van der Waals surface area contributed by atoms with Crippen LogP contribution < -0.4 is 15.0 Å². The molecule has 0 aliphatic carbocycles. The zero-order chi connectivity index (χ0) is 23.8. The van der Waals surface area contributed by atoms with Gasteiger partial charge >= 0.3 is 0 Å². The number of methoxy groups -OCH3 is 1. The van der Waals surface area contributed by atoms with Gasteiger partial charge in [0.15, 0.2) is 5.60 Å². The lowest BCUT2D eigenvalue weighted by atomic mass is 9.81. The maximum Gasteiger partial charge on any atom is 0.160 e. The third-order valence-corrected chi connectivity index (χ3v) is 6.77. The van der Waals surface area contributed by atoms with E-state index in [1.54, 1.807) is 7.11 Å². The molecule has 1 heterocycles. The molecule has 0 bridgehead atoms. The molecule has 0 saturated carbocycles. The van der Waals surface area contributed by atoms with Gasteiger partial charge in [-0.25, -0.2) is 0 Å². The predicted molar refractivity (Wildman–Crippen MR) is 135 cm³/mol. The zero-order valence-electron chi connectivity index (χ0n) is 20.0. The number of ether oxygens (including phenoxy) is 1. The lowest BCUT2D eigenvalue weighted by Gasteiger charge is -2.39. The Balaban J connectivity index is 1.53. The summed E-state index contributed by atoms with van der Waals surface area (Å²) in [6.45, 7) is 4.95. The van der Waals surface area contributed by atoms with Crippen LogP contribution in [0.25, 0.3) is 0 Å². The molecule has 1 N–H and O–H groups in total. The lowest BCUT2D eigenvalue weighted by Crippen LogP contribution is -2.48. The summed E-state index contributed by atoms with van der Waals surface area (Å²) < 4.78 is 20.2. The van der Waals surface area contributed by atoms with Crippen LogP contribution in [0, 0.1) is 0 Å². The lowest BCUT2D eigenvalue weighted by molar-refractivity contribution is -0.228. The second-order valence-corrected chi connectivity index (χ2v) is 8.71. The number of benzene rings is 3. The Hall–Kier alpha value is -2.93. The van der Waals surface area contributed by atoms with Gasteiger partial charge in [0.25, 0.3) is 0 Å². The molecule has 3 aromatic rings. The Morgan fingerprint density at radius 1 is 0.882 bits per heavy atom. The summed E-state index contributed by atoms with van der Waals surface area (Å²) in [5.74, 6) is 0.894. The largest absolute Gasteiger partial charge is 0.495 e. The predicted octanol–water partition coefficient (Wildman–Crippen LogP) is 4.77. The monoisotopic (exact) mass is 463 g/mol. The average Bonchev–Trinajstić information content (AvgIpc) is 2.91. The minimum absolute atomic E-state index is 0.517. The molecule has 0 spiro atoms. The molecular weight excluding hydrogens is 429 g/mol. The van der Waals surface area contributed by atoms with Gasteiger partial charge in [-0.3, -0.25) is 4.90 Å². The highest BCUT2D eigenvalue weighted by Gasteiger charge is 2.39. The summed E-state index contributed by atoms with van der Waals surface area (Å²) in [6, 6.07) is 25.8. The molecule has 5 nitrogen and oxygen atoms in total. The van der Waals surface area contributed by atoms with Gasteiger partial charge in [-0.2, -0.15) is 4.94 Å². The van der Waals surface area contributed by atoms with Gasteiger partial charge in [0.1, 0.15) is 5.75 Å². The van der Waals surface area contributed by atoms with Crippen molar-refractivity contribution in [2.24, 2.45) is 0 Å². The zero-order valence-corrected chi connectivity index (χ0v) is 20.0. The molecule has 0 radical (unpaired) electrons. The van der Waals surface area contributed by atoms with Crippen LogP contribution in [0.2, 0.25) is 0 Å². The molecule has 180 valence electrons. The van der Waals surface area contributed by atoms with Crippen LogP contribution in [0.1, 0.15) is 23.1 Å². The van der Waals surface area contributed by atoms with E-state index in [9.17, 15) is 4.53 Å². The van der Waals surface area contributed by atoms with Gasteiger partial charge in [-0.05, 0) is 40.4 Å². The van der Waals surface area contributed by atoms with Crippen molar-refractivity contribution < 1.29 is 14.2 Å². The van der Waals surface area contributed by atoms with E-state index in [2.05, 4.69) is 21.2 Å². The average molecular weight is 464 g/mol. The summed E-state index contributed by atoms with van der Waals surface area (Å²) in [5, 5.41) is 3.20. The third kappa shape index (κ3) is 5.09. The van der Waals surface area contributed by atoms with Gasteiger partial charge in [0.05, 0.1) is 12.8 Å². The van der Waals surface area contributed by atoms with Crippen LogP contribution in [0.5, 0.6) is 5.75 Å². The van der Waals surface area contributed by atoms with Gasteiger partial charge in [0, 0.05) is 45.7 Å². The van der Waals surface area contributed by atoms with Crippen molar-refractivity contribution in [3.8, 4) is 5.75 Å². The second kappa shape index (κ2) is 11.5. The molecule has 1 aliphatic heterocycles. The Morgan fingerprint density at radius 2 is 1.56 bits per heavy atom. The summed E-state index contributed by atoms with van der Waals surface area (Å²) in [5.41, 5.74) is 2.69. The van der Waals surface area contributed by atoms with Crippen LogP contribution in [-0.4, -0.2) is 51.8 Å². The van der Waals surface area contributed by atoms with Crippen molar-refractivity contribution in [3.63, 3.8) is 0 Å². The number of rotatable bonds is 10. The fourth-order valence-electron chi connectivity index (χ4n) is 4.94. The molecule has 34 heavy (non-hydrogen) atoms. The first-order valence-electron chi connectivity index (χ1n) is 11.9. The van der Waals surface area contributed by atoms with E-state index in [0.29, 0.717) is 13.0 Å². The highest BCUT2D eigenvalue weighted by atomic mass is 19.3. The number of piperazine rings is 1. The fourth-order valence-corrected chi connectivity index (χ4v) is 4.94. The number of halogens is 1.